The van der Waals surface area contributed by atoms with Gasteiger partial charge in [-0.25, -0.2) is 4.98 Å². The number of carbonyl (C=O) groups is 1. The second kappa shape index (κ2) is 7.50. The highest BCUT2D eigenvalue weighted by atomic mass is 16.2. The average Bonchev–Trinajstić information content (AvgIpc) is 3.15. The van der Waals surface area contributed by atoms with Crippen LogP contribution in [0.5, 0.6) is 0 Å². The number of rotatable bonds is 3. The fourth-order valence-electron chi connectivity index (χ4n) is 3.81. The Bertz CT molecular complexity index is 1080. The number of carbonyl (C=O) groups excluding carboxylic acids is 1. The van der Waals surface area contributed by atoms with Crippen LogP contribution in [-0.2, 0) is 12.0 Å². The molecule has 29 heavy (non-hydrogen) atoms. The van der Waals surface area contributed by atoms with Crippen LogP contribution in [0.25, 0.3) is 5.65 Å². The Balaban J connectivity index is 1.59. The summed E-state index contributed by atoms with van der Waals surface area (Å²) in [5.41, 5.74) is 2.86. The highest BCUT2D eigenvalue weighted by Gasteiger charge is 2.21. The van der Waals surface area contributed by atoms with Gasteiger partial charge in [0.1, 0.15) is 5.69 Å². The summed E-state index contributed by atoms with van der Waals surface area (Å²) in [4.78, 5) is 31.8. The molecule has 2 aromatic heterocycles. The molecular formula is C23H28N4O2. The second-order valence-electron chi connectivity index (χ2n) is 8.89. The molecule has 0 saturated carbocycles. The summed E-state index contributed by atoms with van der Waals surface area (Å²) >= 11 is 0. The van der Waals surface area contributed by atoms with Gasteiger partial charge in [-0.15, -0.1) is 0 Å². The monoisotopic (exact) mass is 392 g/mol. The molecule has 1 fully saturated rings. The van der Waals surface area contributed by atoms with Crippen molar-refractivity contribution < 1.29 is 4.79 Å². The molecule has 0 atom stereocenters. The van der Waals surface area contributed by atoms with E-state index >= 15 is 0 Å². The molecule has 3 heterocycles. The maximum atomic E-state index is 12.9. The van der Waals surface area contributed by atoms with Gasteiger partial charge >= 0.3 is 0 Å². The molecule has 0 bridgehead atoms. The molecule has 1 aliphatic rings. The van der Waals surface area contributed by atoms with Crippen LogP contribution in [0.4, 0.5) is 0 Å². The van der Waals surface area contributed by atoms with E-state index < -0.39 is 0 Å². The lowest BCUT2D eigenvalue weighted by atomic mass is 9.87. The van der Waals surface area contributed by atoms with Crippen molar-refractivity contribution in [3.63, 3.8) is 0 Å². The zero-order valence-electron chi connectivity index (χ0n) is 17.4. The van der Waals surface area contributed by atoms with E-state index in [0.29, 0.717) is 17.9 Å². The van der Waals surface area contributed by atoms with Gasteiger partial charge in [0.25, 0.3) is 11.5 Å². The molecular weight excluding hydrogens is 364 g/mol. The van der Waals surface area contributed by atoms with Crippen molar-refractivity contribution in [2.45, 2.75) is 52.0 Å². The number of aromatic nitrogens is 3. The first kappa shape index (κ1) is 19.4. The summed E-state index contributed by atoms with van der Waals surface area (Å²) in [6.07, 6.45) is 8.43. The van der Waals surface area contributed by atoms with Crippen molar-refractivity contribution >= 4 is 11.6 Å². The van der Waals surface area contributed by atoms with Crippen molar-refractivity contribution in [2.24, 2.45) is 0 Å². The summed E-state index contributed by atoms with van der Waals surface area (Å²) in [5, 5.41) is 0. The van der Waals surface area contributed by atoms with Gasteiger partial charge in [0.05, 0.1) is 6.54 Å². The number of benzene rings is 1. The van der Waals surface area contributed by atoms with Gasteiger partial charge in [0.2, 0.25) is 5.65 Å². The normalized spacial score (nSPS) is 15.1. The van der Waals surface area contributed by atoms with Gasteiger partial charge in [-0.1, -0.05) is 45.0 Å². The van der Waals surface area contributed by atoms with E-state index in [1.807, 2.05) is 4.90 Å². The fourth-order valence-corrected chi connectivity index (χ4v) is 3.81. The number of fused-ring (bicyclic) bond motifs is 1. The van der Waals surface area contributed by atoms with E-state index in [1.165, 1.54) is 5.56 Å². The number of hydrogen-bond acceptors (Lipinski definition) is 3. The largest absolute Gasteiger partial charge is 0.337 e. The van der Waals surface area contributed by atoms with Gasteiger partial charge in [0, 0.05) is 31.7 Å². The highest BCUT2D eigenvalue weighted by Crippen LogP contribution is 2.22. The Morgan fingerprint density at radius 2 is 1.72 bits per heavy atom. The van der Waals surface area contributed by atoms with E-state index in [0.717, 1.165) is 37.9 Å². The van der Waals surface area contributed by atoms with Crippen molar-refractivity contribution in [3.8, 4) is 0 Å². The molecule has 3 aromatic rings. The standard InChI is InChI=1S/C23H28N4O2/c1-23(2,3)18-9-7-17(8-10-18)15-27-14-13-26-16-19(24-20(26)22(27)29)21(28)25-11-5-4-6-12-25/h7-10,13-14,16H,4-6,11-12,15H2,1-3H3. The molecule has 0 spiro atoms. The quantitative estimate of drug-likeness (QED) is 0.686. The zero-order chi connectivity index (χ0) is 20.6. The molecule has 0 unspecified atom stereocenters. The van der Waals surface area contributed by atoms with E-state index in [9.17, 15) is 9.59 Å². The topological polar surface area (TPSA) is 59.6 Å². The number of piperidine rings is 1. The summed E-state index contributed by atoms with van der Waals surface area (Å²) in [7, 11) is 0. The Morgan fingerprint density at radius 3 is 2.38 bits per heavy atom. The first-order valence-corrected chi connectivity index (χ1v) is 10.3. The predicted octanol–water partition coefficient (Wildman–Crippen LogP) is 3.47. The summed E-state index contributed by atoms with van der Waals surface area (Å²) in [5.74, 6) is -0.0860. The highest BCUT2D eigenvalue weighted by molar-refractivity contribution is 5.92. The minimum atomic E-state index is -0.190. The summed E-state index contributed by atoms with van der Waals surface area (Å²) < 4.78 is 3.29. The van der Waals surface area contributed by atoms with Crippen molar-refractivity contribution in [1.82, 2.24) is 18.9 Å². The van der Waals surface area contributed by atoms with Crippen LogP contribution >= 0.6 is 0 Å². The SMILES string of the molecule is CC(C)(C)c1ccc(Cn2ccn3cc(C(=O)N4CCCCC4)nc3c2=O)cc1. The summed E-state index contributed by atoms with van der Waals surface area (Å²) in [6.45, 7) is 8.55. The van der Waals surface area contributed by atoms with E-state index in [1.54, 1.807) is 27.6 Å². The van der Waals surface area contributed by atoms with Crippen molar-refractivity contribution in [1.29, 1.82) is 0 Å². The van der Waals surface area contributed by atoms with Crippen LogP contribution in [-0.4, -0.2) is 37.8 Å². The van der Waals surface area contributed by atoms with Crippen LogP contribution in [0.3, 0.4) is 0 Å². The first-order valence-electron chi connectivity index (χ1n) is 10.3. The molecule has 1 aliphatic heterocycles. The predicted molar refractivity (Wildman–Crippen MR) is 113 cm³/mol. The van der Waals surface area contributed by atoms with Gasteiger partial charge in [-0.05, 0) is 35.8 Å². The number of imidazole rings is 1. The lowest BCUT2D eigenvalue weighted by Gasteiger charge is -2.25. The van der Waals surface area contributed by atoms with Gasteiger partial charge in [0.15, 0.2) is 0 Å². The van der Waals surface area contributed by atoms with Crippen molar-refractivity contribution in [2.75, 3.05) is 13.1 Å². The first-order chi connectivity index (χ1) is 13.8. The lowest BCUT2D eigenvalue weighted by molar-refractivity contribution is 0.0719. The van der Waals surface area contributed by atoms with Gasteiger partial charge in [-0.2, -0.15) is 0 Å². The van der Waals surface area contributed by atoms with Gasteiger partial charge < -0.3 is 13.9 Å². The molecule has 1 saturated heterocycles. The van der Waals surface area contributed by atoms with E-state index in [2.05, 4.69) is 50.0 Å². The third kappa shape index (κ3) is 3.97. The van der Waals surface area contributed by atoms with Gasteiger partial charge in [-0.3, -0.25) is 9.59 Å². The number of nitrogens with zero attached hydrogens (tertiary/aromatic N) is 4. The average molecular weight is 393 g/mol. The summed E-state index contributed by atoms with van der Waals surface area (Å²) in [6, 6.07) is 8.36. The number of likely N-dealkylation sites (tertiary alicyclic amines) is 1. The Kier molecular flexibility index (Phi) is 5.03. The molecule has 6 nitrogen and oxygen atoms in total. The van der Waals surface area contributed by atoms with Crippen molar-refractivity contribution in [3.05, 3.63) is 70.0 Å². The third-order valence-corrected chi connectivity index (χ3v) is 5.63. The molecule has 0 N–H and O–H groups in total. The minimum absolute atomic E-state index is 0.0860. The van der Waals surface area contributed by atoms with Crippen LogP contribution in [0.2, 0.25) is 0 Å². The van der Waals surface area contributed by atoms with Crippen LogP contribution < -0.4 is 5.56 Å². The molecule has 0 radical (unpaired) electrons. The lowest BCUT2D eigenvalue weighted by Crippen LogP contribution is -2.35. The fraction of sp³-hybridized carbons (Fsp3) is 0.435. The van der Waals surface area contributed by atoms with Crippen LogP contribution in [0.15, 0.2) is 47.7 Å². The van der Waals surface area contributed by atoms with Crippen LogP contribution in [0.1, 0.15) is 61.6 Å². The number of hydrogen-bond donors (Lipinski definition) is 0. The maximum Gasteiger partial charge on any atom is 0.294 e. The molecule has 152 valence electrons. The second-order valence-corrected chi connectivity index (χ2v) is 8.89. The van der Waals surface area contributed by atoms with E-state index in [-0.39, 0.29) is 16.9 Å². The third-order valence-electron chi connectivity index (χ3n) is 5.63. The molecule has 0 aliphatic carbocycles. The number of amides is 1. The van der Waals surface area contributed by atoms with Crippen LogP contribution in [0, 0.1) is 0 Å². The van der Waals surface area contributed by atoms with E-state index in [4.69, 9.17) is 0 Å². The molecule has 1 aromatic carbocycles. The minimum Gasteiger partial charge on any atom is -0.337 e. The Hall–Kier alpha value is -2.89. The maximum absolute atomic E-state index is 12.9. The zero-order valence-corrected chi connectivity index (χ0v) is 17.4. The Morgan fingerprint density at radius 1 is 1.03 bits per heavy atom. The smallest absolute Gasteiger partial charge is 0.294 e. The molecule has 4 rings (SSSR count). The Labute approximate surface area is 170 Å². The molecule has 6 heteroatoms. The molecule has 1 amide bonds.